The summed E-state index contributed by atoms with van der Waals surface area (Å²) in [5, 5.41) is 2.61. The highest BCUT2D eigenvalue weighted by atomic mass is 79.9. The zero-order valence-corrected chi connectivity index (χ0v) is 13.8. The fourth-order valence-corrected chi connectivity index (χ4v) is 2.71. The van der Waals surface area contributed by atoms with Gasteiger partial charge in [-0.05, 0) is 18.2 Å². The molecule has 2 amide bonds. The van der Waals surface area contributed by atoms with Crippen LogP contribution in [-0.4, -0.2) is 47.1 Å². The van der Waals surface area contributed by atoms with E-state index in [0.29, 0.717) is 30.7 Å². The van der Waals surface area contributed by atoms with E-state index in [-0.39, 0.29) is 11.7 Å². The lowest BCUT2D eigenvalue weighted by atomic mass is 10.3. The minimum Gasteiger partial charge on any atom is -0.352 e. The molecular formula is C15H15BrFN5O. The van der Waals surface area contributed by atoms with Crippen molar-refractivity contribution in [2.24, 2.45) is 0 Å². The Bertz CT molecular complexity index is 692. The number of urea groups is 1. The number of carbonyl (C=O) groups is 1. The van der Waals surface area contributed by atoms with Crippen LogP contribution < -0.4 is 10.2 Å². The van der Waals surface area contributed by atoms with Crippen molar-refractivity contribution < 1.29 is 9.18 Å². The van der Waals surface area contributed by atoms with E-state index in [1.807, 2.05) is 0 Å². The molecule has 23 heavy (non-hydrogen) atoms. The molecule has 1 saturated heterocycles. The number of nitrogens with zero attached hydrogens (tertiary/aromatic N) is 4. The largest absolute Gasteiger partial charge is 0.352 e. The molecule has 3 rings (SSSR count). The van der Waals surface area contributed by atoms with E-state index in [0.717, 1.165) is 5.82 Å². The monoisotopic (exact) mass is 379 g/mol. The summed E-state index contributed by atoms with van der Waals surface area (Å²) in [6.45, 7) is 2.41. The van der Waals surface area contributed by atoms with Crippen LogP contribution >= 0.6 is 15.9 Å². The van der Waals surface area contributed by atoms with Gasteiger partial charge < -0.3 is 15.1 Å². The fraction of sp³-hybridized carbons (Fsp3) is 0.267. The summed E-state index contributed by atoms with van der Waals surface area (Å²) < 4.78 is 14.4. The topological polar surface area (TPSA) is 61.4 Å². The van der Waals surface area contributed by atoms with Gasteiger partial charge in [0.05, 0.1) is 11.9 Å². The highest BCUT2D eigenvalue weighted by molar-refractivity contribution is 9.10. The third-order valence-corrected chi connectivity index (χ3v) is 4.11. The van der Waals surface area contributed by atoms with Crippen molar-refractivity contribution in [3.8, 4) is 0 Å². The molecule has 1 aromatic heterocycles. The van der Waals surface area contributed by atoms with E-state index in [9.17, 15) is 9.18 Å². The molecular weight excluding hydrogens is 365 g/mol. The smallest absolute Gasteiger partial charge is 0.322 e. The van der Waals surface area contributed by atoms with Crippen LogP contribution in [0, 0.1) is 5.82 Å². The molecule has 120 valence electrons. The summed E-state index contributed by atoms with van der Waals surface area (Å²) in [7, 11) is 0. The van der Waals surface area contributed by atoms with Gasteiger partial charge in [-0.15, -0.1) is 0 Å². The highest BCUT2D eigenvalue weighted by Gasteiger charge is 2.22. The number of nitrogens with one attached hydrogen (secondary N) is 1. The van der Waals surface area contributed by atoms with Crippen molar-refractivity contribution in [3.05, 3.63) is 47.1 Å². The second-order valence-corrected chi connectivity index (χ2v) is 6.01. The fourth-order valence-electron chi connectivity index (χ4n) is 2.38. The van der Waals surface area contributed by atoms with Crippen molar-refractivity contribution in [1.82, 2.24) is 14.9 Å². The van der Waals surface area contributed by atoms with Crippen LogP contribution in [0.25, 0.3) is 0 Å². The normalized spacial score (nSPS) is 14.7. The number of piperazine rings is 1. The first-order valence-corrected chi connectivity index (χ1v) is 7.95. The molecule has 1 aromatic carbocycles. The molecule has 1 aliphatic rings. The maximum absolute atomic E-state index is 13.8. The van der Waals surface area contributed by atoms with Gasteiger partial charge >= 0.3 is 6.03 Å². The molecule has 2 heterocycles. The van der Waals surface area contributed by atoms with E-state index >= 15 is 0 Å². The number of anilines is 2. The van der Waals surface area contributed by atoms with Gasteiger partial charge in [0, 0.05) is 43.0 Å². The number of hydrogen-bond donors (Lipinski definition) is 1. The van der Waals surface area contributed by atoms with E-state index in [4.69, 9.17) is 0 Å². The van der Waals surface area contributed by atoms with Crippen LogP contribution in [0.15, 0.2) is 41.3 Å². The Hall–Kier alpha value is -2.22. The van der Waals surface area contributed by atoms with Gasteiger partial charge in [-0.3, -0.25) is 4.98 Å². The number of aromatic nitrogens is 2. The molecule has 6 nitrogen and oxygen atoms in total. The Morgan fingerprint density at radius 1 is 1.22 bits per heavy atom. The third-order valence-electron chi connectivity index (χ3n) is 3.61. The predicted molar refractivity (Wildman–Crippen MR) is 88.9 cm³/mol. The zero-order valence-electron chi connectivity index (χ0n) is 12.2. The van der Waals surface area contributed by atoms with Gasteiger partial charge in [-0.2, -0.15) is 0 Å². The van der Waals surface area contributed by atoms with Gasteiger partial charge in [0.1, 0.15) is 11.6 Å². The lowest BCUT2D eigenvalue weighted by molar-refractivity contribution is 0.208. The van der Waals surface area contributed by atoms with Crippen LogP contribution in [0.5, 0.6) is 0 Å². The molecule has 0 atom stereocenters. The van der Waals surface area contributed by atoms with Gasteiger partial charge in [0.15, 0.2) is 0 Å². The maximum Gasteiger partial charge on any atom is 0.322 e. The standard InChI is InChI=1S/C15H15BrFN5O/c16-11-1-2-13(12(17)9-11)20-15(23)22-7-5-21(6-8-22)14-10-18-3-4-19-14/h1-4,9-10H,5-8H2,(H,20,23). The second-order valence-electron chi connectivity index (χ2n) is 5.09. The average molecular weight is 380 g/mol. The molecule has 1 aliphatic heterocycles. The SMILES string of the molecule is O=C(Nc1ccc(Br)cc1F)N1CCN(c2cnccn2)CC1. The quantitative estimate of drug-likeness (QED) is 0.871. The van der Waals surface area contributed by atoms with E-state index in [1.54, 1.807) is 29.6 Å². The number of amides is 2. The molecule has 1 fully saturated rings. The van der Waals surface area contributed by atoms with Crippen molar-refractivity contribution in [3.63, 3.8) is 0 Å². The molecule has 2 aromatic rings. The number of hydrogen-bond acceptors (Lipinski definition) is 4. The van der Waals surface area contributed by atoms with Crippen LogP contribution in [0.3, 0.4) is 0 Å². The van der Waals surface area contributed by atoms with Gasteiger partial charge in [-0.1, -0.05) is 15.9 Å². The average Bonchev–Trinajstić information content (AvgIpc) is 2.58. The first-order chi connectivity index (χ1) is 11.1. The van der Waals surface area contributed by atoms with Crippen LogP contribution in [0.2, 0.25) is 0 Å². The van der Waals surface area contributed by atoms with E-state index in [1.165, 1.54) is 12.1 Å². The molecule has 0 unspecified atom stereocenters. The van der Waals surface area contributed by atoms with E-state index < -0.39 is 5.82 Å². The Morgan fingerprint density at radius 2 is 2.00 bits per heavy atom. The number of rotatable bonds is 2. The Labute approximate surface area is 141 Å². The summed E-state index contributed by atoms with van der Waals surface area (Å²) in [6.07, 6.45) is 4.97. The minimum atomic E-state index is -0.467. The van der Waals surface area contributed by atoms with Crippen molar-refractivity contribution in [2.45, 2.75) is 0 Å². The number of carbonyl (C=O) groups excluding carboxylic acids is 1. The second kappa shape index (κ2) is 6.91. The third kappa shape index (κ3) is 3.76. The van der Waals surface area contributed by atoms with Gasteiger partial charge in [0.25, 0.3) is 0 Å². The molecule has 0 saturated carbocycles. The first-order valence-electron chi connectivity index (χ1n) is 7.15. The summed E-state index contributed by atoms with van der Waals surface area (Å²) in [5.74, 6) is 0.331. The van der Waals surface area contributed by atoms with Crippen LogP contribution in [0.4, 0.5) is 20.7 Å². The summed E-state index contributed by atoms with van der Waals surface area (Å²) in [4.78, 5) is 24.3. The van der Waals surface area contributed by atoms with Crippen molar-refractivity contribution in [1.29, 1.82) is 0 Å². The molecule has 0 aliphatic carbocycles. The number of halogens is 2. The number of benzene rings is 1. The summed E-state index contributed by atoms with van der Waals surface area (Å²) in [5.41, 5.74) is 0.176. The van der Waals surface area contributed by atoms with E-state index in [2.05, 4.69) is 36.1 Å². The molecule has 0 bridgehead atoms. The highest BCUT2D eigenvalue weighted by Crippen LogP contribution is 2.20. The first kappa shape index (κ1) is 15.7. The zero-order chi connectivity index (χ0) is 16.2. The van der Waals surface area contributed by atoms with Crippen LogP contribution in [0.1, 0.15) is 0 Å². The molecule has 8 heteroatoms. The summed E-state index contributed by atoms with van der Waals surface area (Å²) in [6, 6.07) is 4.24. The summed E-state index contributed by atoms with van der Waals surface area (Å²) >= 11 is 3.19. The van der Waals surface area contributed by atoms with Gasteiger partial charge in [0.2, 0.25) is 0 Å². The predicted octanol–water partition coefficient (Wildman–Crippen LogP) is 2.73. The Balaban J connectivity index is 1.58. The minimum absolute atomic E-state index is 0.176. The Kier molecular flexibility index (Phi) is 4.71. The van der Waals surface area contributed by atoms with Gasteiger partial charge in [-0.25, -0.2) is 14.2 Å². The molecule has 0 spiro atoms. The van der Waals surface area contributed by atoms with Crippen molar-refractivity contribution >= 4 is 33.5 Å². The molecule has 0 radical (unpaired) electrons. The van der Waals surface area contributed by atoms with Crippen molar-refractivity contribution in [2.75, 3.05) is 36.4 Å². The Morgan fingerprint density at radius 3 is 2.65 bits per heavy atom. The lowest BCUT2D eigenvalue weighted by Gasteiger charge is -2.35. The lowest BCUT2D eigenvalue weighted by Crippen LogP contribution is -2.50. The maximum atomic E-state index is 13.8. The molecule has 1 N–H and O–H groups in total. The van der Waals surface area contributed by atoms with Crippen LogP contribution in [-0.2, 0) is 0 Å².